The maximum Gasteiger partial charge on any atom is 0.338 e. The zero-order valence-corrected chi connectivity index (χ0v) is 10.5. The average Bonchev–Trinajstić information content (AvgIpc) is 2.39. The lowest BCUT2D eigenvalue weighted by Gasteiger charge is -2.18. The first-order chi connectivity index (χ1) is 9.15. The van der Waals surface area contributed by atoms with E-state index in [1.807, 2.05) is 0 Å². The topological polar surface area (TPSA) is 61.8 Å². The number of hydrogen-bond donors (Lipinski definition) is 0. The smallest absolute Gasteiger partial charge is 0.338 e. The van der Waals surface area contributed by atoms with Crippen LogP contribution in [-0.2, 0) is 14.3 Å². The van der Waals surface area contributed by atoms with Crippen molar-refractivity contribution in [2.24, 2.45) is 0 Å². The highest BCUT2D eigenvalue weighted by atomic mass is 16.6. The molecule has 5 heteroatoms. The molecular weight excluding hydrogens is 248 g/mol. The number of benzene rings is 1. The average molecular weight is 262 g/mol. The van der Waals surface area contributed by atoms with Crippen molar-refractivity contribution in [3.63, 3.8) is 0 Å². The van der Waals surface area contributed by atoms with Crippen LogP contribution in [0.3, 0.4) is 0 Å². The van der Waals surface area contributed by atoms with Gasteiger partial charge in [-0.2, -0.15) is 0 Å². The van der Waals surface area contributed by atoms with Crippen LogP contribution in [0.15, 0.2) is 36.6 Å². The fourth-order valence-electron chi connectivity index (χ4n) is 1.66. The monoisotopic (exact) mass is 262 g/mol. The Morgan fingerprint density at radius 1 is 1.37 bits per heavy atom. The molecule has 0 saturated heterocycles. The quantitative estimate of drug-likeness (QED) is 0.616. The van der Waals surface area contributed by atoms with Crippen LogP contribution in [0, 0.1) is 0 Å². The summed E-state index contributed by atoms with van der Waals surface area (Å²) >= 11 is 0. The largest absolute Gasteiger partial charge is 0.498 e. The highest BCUT2D eigenvalue weighted by Crippen LogP contribution is 2.16. The SMILES string of the molecule is CC(=O)Oc1cccc(C(=O)OC2CC=COC2)c1. The van der Waals surface area contributed by atoms with E-state index in [0.29, 0.717) is 24.3 Å². The Balaban J connectivity index is 2.02. The van der Waals surface area contributed by atoms with Crippen molar-refractivity contribution in [1.82, 2.24) is 0 Å². The first kappa shape index (κ1) is 13.1. The summed E-state index contributed by atoms with van der Waals surface area (Å²) in [6.45, 7) is 1.66. The maximum absolute atomic E-state index is 11.9. The molecule has 19 heavy (non-hydrogen) atoms. The predicted molar refractivity (Wildman–Crippen MR) is 66.7 cm³/mol. The first-order valence-corrected chi connectivity index (χ1v) is 5.91. The summed E-state index contributed by atoms with van der Waals surface area (Å²) in [5.41, 5.74) is 0.341. The number of ether oxygens (including phenoxy) is 3. The van der Waals surface area contributed by atoms with Crippen molar-refractivity contribution in [3.05, 3.63) is 42.2 Å². The van der Waals surface area contributed by atoms with Gasteiger partial charge in [0, 0.05) is 13.3 Å². The Hall–Kier alpha value is -2.30. The summed E-state index contributed by atoms with van der Waals surface area (Å²) in [4.78, 5) is 22.8. The summed E-state index contributed by atoms with van der Waals surface area (Å²) in [7, 11) is 0. The molecule has 0 bridgehead atoms. The second-order valence-electron chi connectivity index (χ2n) is 4.09. The van der Waals surface area contributed by atoms with E-state index >= 15 is 0 Å². The molecule has 2 rings (SSSR count). The fraction of sp³-hybridized carbons (Fsp3) is 0.286. The molecule has 1 heterocycles. The molecule has 0 saturated carbocycles. The lowest BCUT2D eigenvalue weighted by molar-refractivity contribution is -0.131. The molecule has 100 valence electrons. The lowest BCUT2D eigenvalue weighted by Crippen LogP contribution is -2.24. The lowest BCUT2D eigenvalue weighted by atomic mass is 10.2. The molecule has 0 aromatic heterocycles. The molecule has 1 aromatic carbocycles. The van der Waals surface area contributed by atoms with Gasteiger partial charge in [-0.15, -0.1) is 0 Å². The van der Waals surface area contributed by atoms with Crippen LogP contribution in [-0.4, -0.2) is 24.6 Å². The number of rotatable bonds is 3. The van der Waals surface area contributed by atoms with Gasteiger partial charge >= 0.3 is 11.9 Å². The Kier molecular flexibility index (Phi) is 4.18. The van der Waals surface area contributed by atoms with Gasteiger partial charge in [-0.1, -0.05) is 6.07 Å². The third-order valence-corrected chi connectivity index (χ3v) is 2.48. The summed E-state index contributed by atoms with van der Waals surface area (Å²) in [6.07, 6.45) is 3.74. The maximum atomic E-state index is 11.9. The van der Waals surface area contributed by atoms with Gasteiger partial charge in [0.1, 0.15) is 18.5 Å². The first-order valence-electron chi connectivity index (χ1n) is 5.91. The minimum Gasteiger partial charge on any atom is -0.498 e. The molecule has 1 aliphatic rings. The Labute approximate surface area is 110 Å². The molecule has 1 atom stereocenters. The van der Waals surface area contributed by atoms with Crippen LogP contribution in [0.4, 0.5) is 0 Å². The number of esters is 2. The van der Waals surface area contributed by atoms with Gasteiger partial charge in [0.2, 0.25) is 0 Å². The Morgan fingerprint density at radius 2 is 2.21 bits per heavy atom. The normalized spacial score (nSPS) is 17.4. The van der Waals surface area contributed by atoms with E-state index in [4.69, 9.17) is 14.2 Å². The highest BCUT2D eigenvalue weighted by Gasteiger charge is 2.17. The van der Waals surface area contributed by atoms with Gasteiger partial charge in [-0.3, -0.25) is 4.79 Å². The third kappa shape index (κ3) is 3.84. The highest BCUT2D eigenvalue weighted by molar-refractivity contribution is 5.90. The second-order valence-corrected chi connectivity index (χ2v) is 4.09. The summed E-state index contributed by atoms with van der Waals surface area (Å²) in [6, 6.07) is 6.31. The van der Waals surface area contributed by atoms with Crippen LogP contribution in [0.2, 0.25) is 0 Å². The van der Waals surface area contributed by atoms with Crippen LogP contribution in [0.5, 0.6) is 5.75 Å². The number of carbonyl (C=O) groups is 2. The van der Waals surface area contributed by atoms with Crippen molar-refractivity contribution < 1.29 is 23.8 Å². The van der Waals surface area contributed by atoms with Crippen molar-refractivity contribution in [1.29, 1.82) is 0 Å². The molecule has 1 unspecified atom stereocenters. The van der Waals surface area contributed by atoms with Crippen LogP contribution >= 0.6 is 0 Å². The van der Waals surface area contributed by atoms with E-state index < -0.39 is 11.9 Å². The Morgan fingerprint density at radius 3 is 2.89 bits per heavy atom. The molecule has 1 aliphatic heterocycles. The van der Waals surface area contributed by atoms with Gasteiger partial charge in [0.05, 0.1) is 11.8 Å². The van der Waals surface area contributed by atoms with E-state index in [-0.39, 0.29) is 6.10 Å². The van der Waals surface area contributed by atoms with E-state index in [9.17, 15) is 9.59 Å². The van der Waals surface area contributed by atoms with Gasteiger partial charge in [-0.25, -0.2) is 4.79 Å². The third-order valence-electron chi connectivity index (χ3n) is 2.48. The Bertz CT molecular complexity index is 506. The second kappa shape index (κ2) is 6.04. The number of hydrogen-bond acceptors (Lipinski definition) is 5. The van der Waals surface area contributed by atoms with Crippen molar-refractivity contribution in [2.75, 3.05) is 6.61 Å². The van der Waals surface area contributed by atoms with Gasteiger partial charge in [0.25, 0.3) is 0 Å². The van der Waals surface area contributed by atoms with Gasteiger partial charge in [-0.05, 0) is 24.3 Å². The summed E-state index contributed by atoms with van der Waals surface area (Å²) in [5.74, 6) is -0.573. The molecule has 0 N–H and O–H groups in total. The molecule has 0 spiro atoms. The zero-order chi connectivity index (χ0) is 13.7. The molecule has 1 aromatic rings. The standard InChI is InChI=1S/C14H14O5/c1-10(15)18-12-5-2-4-11(8-12)14(16)19-13-6-3-7-17-9-13/h2-5,7-8,13H,6,9H2,1H3. The van der Waals surface area contributed by atoms with Crippen LogP contribution in [0.1, 0.15) is 23.7 Å². The minimum absolute atomic E-state index is 0.283. The van der Waals surface area contributed by atoms with Crippen LogP contribution in [0.25, 0.3) is 0 Å². The van der Waals surface area contributed by atoms with Crippen molar-refractivity contribution >= 4 is 11.9 Å². The molecular formula is C14H14O5. The predicted octanol–water partition coefficient (Wildman–Crippen LogP) is 2.07. The van der Waals surface area contributed by atoms with Gasteiger partial charge < -0.3 is 14.2 Å². The van der Waals surface area contributed by atoms with E-state index in [2.05, 4.69) is 0 Å². The molecule has 0 aliphatic carbocycles. The minimum atomic E-state index is -0.460. The molecule has 5 nitrogen and oxygen atoms in total. The van der Waals surface area contributed by atoms with E-state index in [0.717, 1.165) is 0 Å². The van der Waals surface area contributed by atoms with E-state index in [1.165, 1.54) is 13.0 Å². The summed E-state index contributed by atoms with van der Waals surface area (Å²) < 4.78 is 15.3. The van der Waals surface area contributed by atoms with Gasteiger partial charge in [0.15, 0.2) is 0 Å². The molecule has 0 radical (unpaired) electrons. The van der Waals surface area contributed by atoms with Crippen LogP contribution < -0.4 is 4.74 Å². The van der Waals surface area contributed by atoms with Crippen molar-refractivity contribution in [2.45, 2.75) is 19.4 Å². The zero-order valence-electron chi connectivity index (χ0n) is 10.5. The van der Waals surface area contributed by atoms with Crippen molar-refractivity contribution in [3.8, 4) is 5.75 Å². The molecule has 0 fully saturated rings. The fourth-order valence-corrected chi connectivity index (χ4v) is 1.66. The number of carbonyl (C=O) groups excluding carboxylic acids is 2. The molecule has 0 amide bonds. The summed E-state index contributed by atoms with van der Waals surface area (Å²) in [5, 5.41) is 0. The van der Waals surface area contributed by atoms with E-state index in [1.54, 1.807) is 30.5 Å².